The third-order valence-corrected chi connectivity index (χ3v) is 4.95. The molecule has 2 nitrogen and oxygen atoms in total. The van der Waals surface area contributed by atoms with Gasteiger partial charge in [-0.05, 0) is 42.8 Å². The molecule has 0 amide bonds. The van der Waals surface area contributed by atoms with Gasteiger partial charge in [0.1, 0.15) is 5.75 Å². The molecule has 0 aliphatic carbocycles. The van der Waals surface area contributed by atoms with Crippen LogP contribution in [0.2, 0.25) is 0 Å². The highest BCUT2D eigenvalue weighted by Gasteiger charge is 2.18. The van der Waals surface area contributed by atoms with Crippen molar-refractivity contribution in [2.45, 2.75) is 25.8 Å². The quantitative estimate of drug-likeness (QED) is 0.919. The Bertz CT molecular complexity index is 576. The molecule has 0 fully saturated rings. The van der Waals surface area contributed by atoms with Crippen LogP contribution in [-0.4, -0.2) is 13.7 Å². The number of nitrogens with one attached hydrogen (secondary N) is 1. The molecule has 2 aromatic rings. The molecule has 19 heavy (non-hydrogen) atoms. The summed E-state index contributed by atoms with van der Waals surface area (Å²) >= 11 is 1.90. The third kappa shape index (κ3) is 2.40. The van der Waals surface area contributed by atoms with E-state index in [0.717, 1.165) is 25.2 Å². The average molecular weight is 273 g/mol. The largest absolute Gasteiger partial charge is 0.493 e. The zero-order valence-electron chi connectivity index (χ0n) is 11.4. The summed E-state index contributed by atoms with van der Waals surface area (Å²) in [6.45, 7) is 3.03. The van der Waals surface area contributed by atoms with Crippen LogP contribution in [0.3, 0.4) is 0 Å². The van der Waals surface area contributed by atoms with Gasteiger partial charge in [0.05, 0.1) is 12.6 Å². The summed E-state index contributed by atoms with van der Waals surface area (Å²) in [6.07, 6.45) is 2.14. The maximum absolute atomic E-state index is 5.58. The molecule has 3 heteroatoms. The number of fused-ring (bicyclic) bond motifs is 1. The number of rotatable bonds is 4. The van der Waals surface area contributed by atoms with Crippen molar-refractivity contribution in [1.29, 1.82) is 0 Å². The highest BCUT2D eigenvalue weighted by Crippen LogP contribution is 2.33. The second-order valence-electron chi connectivity index (χ2n) is 4.84. The van der Waals surface area contributed by atoms with E-state index in [1.54, 1.807) is 0 Å². The van der Waals surface area contributed by atoms with Crippen LogP contribution < -0.4 is 10.1 Å². The van der Waals surface area contributed by atoms with E-state index >= 15 is 0 Å². The van der Waals surface area contributed by atoms with Crippen molar-refractivity contribution in [2.24, 2.45) is 0 Å². The minimum atomic E-state index is 0.288. The van der Waals surface area contributed by atoms with E-state index in [2.05, 4.69) is 42.6 Å². The summed E-state index contributed by atoms with van der Waals surface area (Å²) in [5, 5.41) is 3.43. The van der Waals surface area contributed by atoms with Gasteiger partial charge in [-0.15, -0.1) is 11.3 Å². The predicted octanol–water partition coefficient (Wildman–Crippen LogP) is 3.55. The number of ether oxygens (including phenoxy) is 1. The average Bonchev–Trinajstić information content (AvgIpc) is 3.07. The van der Waals surface area contributed by atoms with Gasteiger partial charge < -0.3 is 10.1 Å². The molecule has 2 heterocycles. The third-order valence-electron chi connectivity index (χ3n) is 3.65. The molecule has 1 aliphatic rings. The number of thiophene rings is 1. The molecule has 0 saturated carbocycles. The van der Waals surface area contributed by atoms with E-state index in [-0.39, 0.29) is 6.04 Å². The molecule has 0 spiro atoms. The minimum Gasteiger partial charge on any atom is -0.493 e. The summed E-state index contributed by atoms with van der Waals surface area (Å²) in [5.41, 5.74) is 2.67. The van der Waals surface area contributed by atoms with Gasteiger partial charge in [0, 0.05) is 16.2 Å². The van der Waals surface area contributed by atoms with Crippen LogP contribution in [0.25, 0.3) is 0 Å². The van der Waals surface area contributed by atoms with Crippen LogP contribution in [0.4, 0.5) is 0 Å². The summed E-state index contributed by atoms with van der Waals surface area (Å²) < 4.78 is 5.58. The van der Waals surface area contributed by atoms with Crippen molar-refractivity contribution in [3.8, 4) is 5.75 Å². The van der Waals surface area contributed by atoms with E-state index in [0.29, 0.717) is 0 Å². The van der Waals surface area contributed by atoms with Gasteiger partial charge in [-0.25, -0.2) is 0 Å². The number of aryl methyl sites for hydroxylation is 1. The highest BCUT2D eigenvalue weighted by atomic mass is 32.1. The summed E-state index contributed by atoms with van der Waals surface area (Å²) in [4.78, 5) is 2.83. The topological polar surface area (TPSA) is 21.3 Å². The normalized spacial score (nSPS) is 15.1. The van der Waals surface area contributed by atoms with Gasteiger partial charge in [0.15, 0.2) is 0 Å². The van der Waals surface area contributed by atoms with Crippen molar-refractivity contribution in [1.82, 2.24) is 5.32 Å². The smallest absolute Gasteiger partial charge is 0.122 e. The fourth-order valence-electron chi connectivity index (χ4n) is 2.60. The Kier molecular flexibility index (Phi) is 3.58. The lowest BCUT2D eigenvalue weighted by Gasteiger charge is -2.16. The summed E-state index contributed by atoms with van der Waals surface area (Å²) in [5.74, 6) is 1.05. The number of hydrogen-bond acceptors (Lipinski definition) is 3. The van der Waals surface area contributed by atoms with Crippen molar-refractivity contribution in [3.63, 3.8) is 0 Å². The highest BCUT2D eigenvalue weighted by molar-refractivity contribution is 7.12. The molecule has 1 atom stereocenters. The molecule has 1 N–H and O–H groups in total. The molecule has 1 aliphatic heterocycles. The van der Waals surface area contributed by atoms with Crippen LogP contribution >= 0.6 is 11.3 Å². The Morgan fingerprint density at radius 2 is 2.21 bits per heavy atom. The first-order chi connectivity index (χ1) is 9.31. The fraction of sp³-hybridized carbons (Fsp3) is 0.375. The van der Waals surface area contributed by atoms with E-state index in [9.17, 15) is 0 Å². The monoisotopic (exact) mass is 273 g/mol. The van der Waals surface area contributed by atoms with Crippen molar-refractivity contribution in [2.75, 3.05) is 13.7 Å². The van der Waals surface area contributed by atoms with Crippen LogP contribution in [0.1, 0.15) is 33.8 Å². The molecule has 1 unspecified atom stereocenters. The molecule has 1 aromatic carbocycles. The molecule has 0 bridgehead atoms. The molecule has 100 valence electrons. The van der Waals surface area contributed by atoms with Crippen LogP contribution in [0.5, 0.6) is 5.75 Å². The van der Waals surface area contributed by atoms with Gasteiger partial charge in [0.25, 0.3) is 0 Å². The van der Waals surface area contributed by atoms with Crippen LogP contribution in [0.15, 0.2) is 30.3 Å². The molecular weight excluding hydrogens is 254 g/mol. The molecule has 0 radical (unpaired) electrons. The molecular formula is C16H19NOS. The lowest BCUT2D eigenvalue weighted by atomic mass is 10.0. The fourth-order valence-corrected chi connectivity index (χ4v) is 3.69. The second kappa shape index (κ2) is 5.35. The summed E-state index contributed by atoms with van der Waals surface area (Å²) in [6, 6.07) is 11.3. The molecule has 0 saturated heterocycles. The van der Waals surface area contributed by atoms with Crippen molar-refractivity contribution < 1.29 is 4.74 Å². The van der Waals surface area contributed by atoms with E-state index in [4.69, 9.17) is 4.74 Å². The van der Waals surface area contributed by atoms with Gasteiger partial charge in [-0.3, -0.25) is 0 Å². The lowest BCUT2D eigenvalue weighted by Crippen LogP contribution is -2.16. The first-order valence-corrected chi connectivity index (χ1v) is 7.65. The zero-order chi connectivity index (χ0) is 13.2. The van der Waals surface area contributed by atoms with Crippen LogP contribution in [-0.2, 0) is 12.8 Å². The minimum absolute atomic E-state index is 0.288. The standard InChI is InChI=1S/C16H19NOS/c1-3-13-5-7-15(19-13)16(17-2)12-4-6-14-11(10-12)8-9-18-14/h4-7,10,16-17H,3,8-9H2,1-2H3. The van der Waals surface area contributed by atoms with Crippen molar-refractivity contribution in [3.05, 3.63) is 51.2 Å². The lowest BCUT2D eigenvalue weighted by molar-refractivity contribution is 0.357. The van der Waals surface area contributed by atoms with Crippen molar-refractivity contribution >= 4 is 11.3 Å². The van der Waals surface area contributed by atoms with Gasteiger partial charge in [0.2, 0.25) is 0 Å². The Balaban J connectivity index is 1.93. The van der Waals surface area contributed by atoms with Gasteiger partial charge in [-0.2, -0.15) is 0 Å². The Morgan fingerprint density at radius 3 is 2.95 bits per heavy atom. The maximum Gasteiger partial charge on any atom is 0.122 e. The molecule has 3 rings (SSSR count). The summed E-state index contributed by atoms with van der Waals surface area (Å²) in [7, 11) is 2.03. The van der Waals surface area contributed by atoms with E-state index < -0.39 is 0 Å². The number of hydrogen-bond donors (Lipinski definition) is 1. The predicted molar refractivity (Wildman–Crippen MR) is 80.2 cm³/mol. The van der Waals surface area contributed by atoms with Gasteiger partial charge in [-0.1, -0.05) is 19.1 Å². The second-order valence-corrected chi connectivity index (χ2v) is 6.04. The first-order valence-electron chi connectivity index (χ1n) is 6.83. The van der Waals surface area contributed by atoms with Crippen LogP contribution in [0, 0.1) is 0 Å². The first kappa shape index (κ1) is 12.7. The molecule has 1 aromatic heterocycles. The maximum atomic E-state index is 5.58. The van der Waals surface area contributed by atoms with Gasteiger partial charge >= 0.3 is 0 Å². The van der Waals surface area contributed by atoms with E-state index in [1.165, 1.54) is 20.9 Å². The van der Waals surface area contributed by atoms with E-state index in [1.807, 2.05) is 18.4 Å². The Morgan fingerprint density at radius 1 is 1.32 bits per heavy atom. The number of benzene rings is 1. The SMILES string of the molecule is CCc1ccc(C(NC)c2ccc3c(c2)CCO3)s1. The Labute approximate surface area is 118 Å². The Hall–Kier alpha value is -1.32. The zero-order valence-corrected chi connectivity index (χ0v) is 12.2.